The average Bonchev–Trinajstić information content (AvgIpc) is 2.55. The van der Waals surface area contributed by atoms with Crippen LogP contribution in [0.1, 0.15) is 24.8 Å². The predicted molar refractivity (Wildman–Crippen MR) is 84.6 cm³/mol. The zero-order valence-electron chi connectivity index (χ0n) is 12.8. The number of carbonyl (C=O) groups is 3. The Hall–Kier alpha value is -1.96. The number of hydrogen-bond donors (Lipinski definition) is 3. The van der Waals surface area contributed by atoms with Gasteiger partial charge in [0.25, 0.3) is 6.47 Å². The first kappa shape index (κ1) is 18.4. The molecule has 0 amide bonds. The number of halogens is 1. The number of aliphatic hydroxyl groups excluding tert-OH is 1. The Balaban J connectivity index is 2.47. The van der Waals surface area contributed by atoms with Crippen LogP contribution >= 0.6 is 11.6 Å². The molecule has 24 heavy (non-hydrogen) atoms. The molecule has 0 aliphatic heterocycles. The van der Waals surface area contributed by atoms with Crippen LogP contribution in [0.25, 0.3) is 0 Å². The van der Waals surface area contributed by atoms with Gasteiger partial charge in [-0.05, 0) is 30.9 Å². The van der Waals surface area contributed by atoms with Crippen molar-refractivity contribution < 1.29 is 29.3 Å². The summed E-state index contributed by atoms with van der Waals surface area (Å²) in [6.07, 6.45) is -0.136. The molecule has 0 aromatic heterocycles. The quantitative estimate of drug-likeness (QED) is 0.622. The van der Waals surface area contributed by atoms with Crippen molar-refractivity contribution in [2.24, 2.45) is 0 Å². The second kappa shape index (κ2) is 7.74. The molecule has 2 rings (SSSR count). The average molecular weight is 356 g/mol. The maximum absolute atomic E-state index is 12.8. The van der Waals surface area contributed by atoms with E-state index in [4.69, 9.17) is 11.6 Å². The third-order valence-corrected chi connectivity index (χ3v) is 4.47. The molecule has 130 valence electrons. The second-order valence-electron chi connectivity index (χ2n) is 5.62. The van der Waals surface area contributed by atoms with Crippen LogP contribution in [0.5, 0.6) is 0 Å². The van der Waals surface area contributed by atoms with Gasteiger partial charge in [-0.15, -0.1) is 0 Å². The van der Waals surface area contributed by atoms with Gasteiger partial charge in [0.05, 0.1) is 0 Å². The maximum Gasteiger partial charge on any atom is 0.324 e. The Morgan fingerprint density at radius 1 is 1.50 bits per heavy atom. The molecule has 3 atom stereocenters. The molecule has 0 unspecified atom stereocenters. The highest BCUT2D eigenvalue weighted by Crippen LogP contribution is 2.38. The van der Waals surface area contributed by atoms with E-state index in [1.165, 1.54) is 0 Å². The number of Topliss-reactive ketones (excluding diaryl/α,β-unsaturated/α-hetero) is 1. The van der Waals surface area contributed by atoms with Gasteiger partial charge in [0.2, 0.25) is 0 Å². The first-order valence-corrected chi connectivity index (χ1v) is 7.83. The molecule has 1 fully saturated rings. The molecule has 3 N–H and O–H groups in total. The van der Waals surface area contributed by atoms with Gasteiger partial charge >= 0.3 is 5.97 Å². The molecule has 0 bridgehead atoms. The first-order valence-electron chi connectivity index (χ1n) is 7.45. The minimum Gasteiger partial charge on any atom is -0.480 e. The van der Waals surface area contributed by atoms with Crippen molar-refractivity contribution in [1.82, 2.24) is 5.32 Å². The second-order valence-corrected chi connectivity index (χ2v) is 6.03. The lowest BCUT2D eigenvalue weighted by Gasteiger charge is -2.41. The monoisotopic (exact) mass is 355 g/mol. The molecule has 8 heteroatoms. The van der Waals surface area contributed by atoms with E-state index in [9.17, 15) is 24.6 Å². The molecular weight excluding hydrogens is 338 g/mol. The summed E-state index contributed by atoms with van der Waals surface area (Å²) in [7, 11) is 0. The number of aliphatic hydroxyl groups is 1. The van der Waals surface area contributed by atoms with Crippen molar-refractivity contribution in [1.29, 1.82) is 0 Å². The highest BCUT2D eigenvalue weighted by Gasteiger charge is 2.48. The van der Waals surface area contributed by atoms with Crippen LogP contribution in [0.15, 0.2) is 24.3 Å². The largest absolute Gasteiger partial charge is 0.480 e. The van der Waals surface area contributed by atoms with E-state index in [0.29, 0.717) is 18.4 Å². The normalized spacial score (nSPS) is 25.1. The number of ketones is 1. The van der Waals surface area contributed by atoms with Crippen LogP contribution in [-0.4, -0.2) is 47.2 Å². The van der Waals surface area contributed by atoms with Crippen LogP contribution in [0.4, 0.5) is 0 Å². The SMILES string of the molecule is O=COC[C@H](N[C@]1(c2ccccc2Cl)CCC[C@H](O)C1=O)C(=O)O. The Bertz CT molecular complexity index is 637. The Morgan fingerprint density at radius 3 is 2.83 bits per heavy atom. The molecule has 0 heterocycles. The van der Waals surface area contributed by atoms with E-state index in [1.54, 1.807) is 24.3 Å². The lowest BCUT2D eigenvalue weighted by atomic mass is 9.73. The Labute approximate surface area is 143 Å². The number of rotatable bonds is 7. The number of hydrogen-bond acceptors (Lipinski definition) is 6. The molecule has 1 aromatic carbocycles. The van der Waals surface area contributed by atoms with Crippen molar-refractivity contribution in [3.8, 4) is 0 Å². The van der Waals surface area contributed by atoms with Gasteiger partial charge in [-0.25, -0.2) is 0 Å². The first-order chi connectivity index (χ1) is 11.4. The fourth-order valence-electron chi connectivity index (χ4n) is 3.00. The van der Waals surface area contributed by atoms with Crippen molar-refractivity contribution in [3.05, 3.63) is 34.9 Å². The molecule has 1 aliphatic rings. The third-order valence-electron chi connectivity index (χ3n) is 4.14. The lowest BCUT2D eigenvalue weighted by molar-refractivity contribution is -0.146. The number of nitrogens with one attached hydrogen (secondary N) is 1. The van der Waals surface area contributed by atoms with Crippen LogP contribution in [0, 0.1) is 0 Å². The van der Waals surface area contributed by atoms with E-state index in [2.05, 4.69) is 10.1 Å². The highest BCUT2D eigenvalue weighted by molar-refractivity contribution is 6.31. The van der Waals surface area contributed by atoms with Crippen molar-refractivity contribution in [2.45, 2.75) is 36.9 Å². The van der Waals surface area contributed by atoms with E-state index in [0.717, 1.165) is 0 Å². The molecule has 1 aromatic rings. The number of aliphatic carboxylic acids is 1. The van der Waals surface area contributed by atoms with Gasteiger partial charge in [0, 0.05) is 5.02 Å². The molecular formula is C16H18ClNO6. The molecule has 0 spiro atoms. The van der Waals surface area contributed by atoms with Gasteiger partial charge in [0.1, 0.15) is 24.3 Å². The van der Waals surface area contributed by atoms with Crippen molar-refractivity contribution in [3.63, 3.8) is 0 Å². The standard InChI is InChI=1S/C16H18ClNO6/c17-11-5-2-1-4-10(11)16(7-3-6-13(20)14(16)21)18-12(15(22)23)8-24-9-19/h1-2,4-5,9,12-13,18,20H,3,6-8H2,(H,22,23)/t12-,13-,16-/m0/s1. The summed E-state index contributed by atoms with van der Waals surface area (Å²) in [6.45, 7) is -0.314. The fraction of sp³-hybridized carbons (Fsp3) is 0.438. The molecule has 1 aliphatic carbocycles. The van der Waals surface area contributed by atoms with Gasteiger partial charge < -0.3 is 14.9 Å². The zero-order chi connectivity index (χ0) is 17.7. The number of carboxylic acids is 1. The van der Waals surface area contributed by atoms with E-state index in [-0.39, 0.29) is 17.9 Å². The third kappa shape index (κ3) is 3.58. The molecule has 1 saturated carbocycles. The van der Waals surface area contributed by atoms with Crippen LogP contribution in [-0.2, 0) is 24.7 Å². The maximum atomic E-state index is 12.8. The fourth-order valence-corrected chi connectivity index (χ4v) is 3.30. The Kier molecular flexibility index (Phi) is 5.93. The summed E-state index contributed by atoms with van der Waals surface area (Å²) < 4.78 is 4.54. The van der Waals surface area contributed by atoms with Gasteiger partial charge in [0.15, 0.2) is 5.78 Å². The summed E-state index contributed by atoms with van der Waals surface area (Å²) >= 11 is 6.22. The van der Waals surface area contributed by atoms with Crippen molar-refractivity contribution in [2.75, 3.05) is 6.61 Å². The van der Waals surface area contributed by atoms with E-state index in [1.807, 2.05) is 0 Å². The minimum atomic E-state index is -1.45. The predicted octanol–water partition coefficient (Wildman–Crippen LogP) is 0.865. The van der Waals surface area contributed by atoms with Gasteiger partial charge in [-0.1, -0.05) is 29.8 Å². The zero-order valence-corrected chi connectivity index (χ0v) is 13.5. The summed E-state index contributed by atoms with van der Waals surface area (Å²) in [5, 5.41) is 22.4. The van der Waals surface area contributed by atoms with Gasteiger partial charge in [-0.2, -0.15) is 0 Å². The minimum absolute atomic E-state index is 0.136. The number of ether oxygens (including phenoxy) is 1. The van der Waals surface area contributed by atoms with Crippen LogP contribution in [0.2, 0.25) is 5.02 Å². The van der Waals surface area contributed by atoms with E-state index >= 15 is 0 Å². The topological polar surface area (TPSA) is 113 Å². The molecule has 0 saturated heterocycles. The summed E-state index contributed by atoms with van der Waals surface area (Å²) in [5.41, 5.74) is -1.06. The summed E-state index contributed by atoms with van der Waals surface area (Å²) in [4.78, 5) is 34.6. The molecule has 7 nitrogen and oxygen atoms in total. The number of benzene rings is 1. The van der Waals surface area contributed by atoms with Crippen LogP contribution < -0.4 is 5.32 Å². The summed E-state index contributed by atoms with van der Waals surface area (Å²) in [5.74, 6) is -1.82. The van der Waals surface area contributed by atoms with E-state index < -0.39 is 36.0 Å². The van der Waals surface area contributed by atoms with Crippen molar-refractivity contribution >= 4 is 29.8 Å². The smallest absolute Gasteiger partial charge is 0.324 e. The highest BCUT2D eigenvalue weighted by atomic mass is 35.5. The number of carboxylic acid groups (broad SMARTS) is 1. The molecule has 0 radical (unpaired) electrons. The number of carbonyl (C=O) groups excluding carboxylic acids is 2. The summed E-state index contributed by atoms with van der Waals surface area (Å²) in [6, 6.07) is 5.25. The Morgan fingerprint density at radius 2 is 2.21 bits per heavy atom. The lowest BCUT2D eigenvalue weighted by Crippen LogP contribution is -2.61. The van der Waals surface area contributed by atoms with Gasteiger partial charge in [-0.3, -0.25) is 19.7 Å². The van der Waals surface area contributed by atoms with Crippen LogP contribution in [0.3, 0.4) is 0 Å².